The maximum atomic E-state index is 14.4. The van der Waals surface area contributed by atoms with Gasteiger partial charge in [0.05, 0.1) is 11.7 Å². The standard InChI is InChI=1S/C28H32FN5O2/c1-17-13-19(5-7-22(17)28(35)33-25-10-12-34(4)16-24(25)29)26-14-21(9-11-32-26)36-20-6-8-23(18(2)30)27(15-20)31-3/h5-9,11,13-15,24-25,30-31H,10,12,16H2,1-4H3,(H,33,35)/t24-,25+/m1/s1. The molecule has 4 rings (SSSR count). The number of nitrogens with zero attached hydrogens (tertiary/aromatic N) is 2. The number of carbonyl (C=O) groups excluding carboxylic acids is 1. The molecule has 3 N–H and O–H groups in total. The predicted molar refractivity (Wildman–Crippen MR) is 141 cm³/mol. The Morgan fingerprint density at radius 1 is 1.14 bits per heavy atom. The molecule has 1 fully saturated rings. The largest absolute Gasteiger partial charge is 0.457 e. The number of alkyl halides is 1. The van der Waals surface area contributed by atoms with Crippen LogP contribution in [0.15, 0.2) is 54.7 Å². The van der Waals surface area contributed by atoms with Crippen molar-refractivity contribution in [2.75, 3.05) is 32.5 Å². The molecular weight excluding hydrogens is 457 g/mol. The molecule has 2 aromatic carbocycles. The first-order valence-electron chi connectivity index (χ1n) is 12.0. The lowest BCUT2D eigenvalue weighted by Crippen LogP contribution is -2.51. The number of piperidine rings is 1. The number of aryl methyl sites for hydroxylation is 1. The quantitative estimate of drug-likeness (QED) is 0.404. The van der Waals surface area contributed by atoms with Crippen molar-refractivity contribution < 1.29 is 13.9 Å². The van der Waals surface area contributed by atoms with Crippen LogP contribution < -0.4 is 15.4 Å². The third kappa shape index (κ3) is 5.71. The van der Waals surface area contributed by atoms with Gasteiger partial charge in [0, 0.05) is 66.6 Å². The van der Waals surface area contributed by atoms with Gasteiger partial charge in [-0.1, -0.05) is 6.07 Å². The highest BCUT2D eigenvalue weighted by Gasteiger charge is 2.29. The fourth-order valence-electron chi connectivity index (χ4n) is 4.43. The van der Waals surface area contributed by atoms with Crippen molar-refractivity contribution in [2.24, 2.45) is 0 Å². The van der Waals surface area contributed by atoms with E-state index < -0.39 is 12.2 Å². The minimum atomic E-state index is -1.08. The average Bonchev–Trinajstić information content (AvgIpc) is 2.85. The highest BCUT2D eigenvalue weighted by molar-refractivity contribution is 6.01. The van der Waals surface area contributed by atoms with Crippen molar-refractivity contribution in [1.82, 2.24) is 15.2 Å². The van der Waals surface area contributed by atoms with Crippen molar-refractivity contribution in [3.63, 3.8) is 0 Å². The monoisotopic (exact) mass is 489 g/mol. The number of nitrogens with one attached hydrogen (secondary N) is 3. The van der Waals surface area contributed by atoms with Gasteiger partial charge in [-0.15, -0.1) is 0 Å². The summed E-state index contributed by atoms with van der Waals surface area (Å²) in [6, 6.07) is 14.2. The summed E-state index contributed by atoms with van der Waals surface area (Å²) < 4.78 is 20.4. The molecule has 1 aromatic heterocycles. The van der Waals surface area contributed by atoms with Gasteiger partial charge in [0.1, 0.15) is 17.7 Å². The van der Waals surface area contributed by atoms with Gasteiger partial charge in [0.15, 0.2) is 0 Å². The Balaban J connectivity index is 1.49. The van der Waals surface area contributed by atoms with E-state index in [1.54, 1.807) is 25.3 Å². The van der Waals surface area contributed by atoms with E-state index in [4.69, 9.17) is 10.1 Å². The molecular formula is C28H32FN5O2. The minimum absolute atomic E-state index is 0.259. The second-order valence-electron chi connectivity index (χ2n) is 9.24. The lowest BCUT2D eigenvalue weighted by atomic mass is 10.00. The summed E-state index contributed by atoms with van der Waals surface area (Å²) in [7, 11) is 3.70. The minimum Gasteiger partial charge on any atom is -0.457 e. The lowest BCUT2D eigenvalue weighted by molar-refractivity contribution is 0.0821. The summed E-state index contributed by atoms with van der Waals surface area (Å²) in [4.78, 5) is 19.2. The first kappa shape index (κ1) is 25.3. The molecule has 0 bridgehead atoms. The average molecular weight is 490 g/mol. The van der Waals surface area contributed by atoms with Gasteiger partial charge in [-0.25, -0.2) is 4.39 Å². The van der Waals surface area contributed by atoms with E-state index in [-0.39, 0.29) is 5.91 Å². The Morgan fingerprint density at radius 2 is 1.89 bits per heavy atom. The van der Waals surface area contributed by atoms with Gasteiger partial charge in [0.2, 0.25) is 0 Å². The number of ether oxygens (including phenoxy) is 1. The van der Waals surface area contributed by atoms with Crippen LogP contribution in [0, 0.1) is 12.3 Å². The number of benzene rings is 2. The van der Waals surface area contributed by atoms with E-state index in [0.29, 0.717) is 41.4 Å². The third-order valence-electron chi connectivity index (χ3n) is 6.46. The SMILES string of the molecule is CNc1cc(Oc2ccnc(-c3ccc(C(=O)N[C@H]4CCN(C)C[C@H]4F)c(C)c3)c2)ccc1C(C)=N. The number of aromatic nitrogens is 1. The van der Waals surface area contributed by atoms with E-state index in [1.165, 1.54) is 0 Å². The van der Waals surface area contributed by atoms with Gasteiger partial charge in [-0.2, -0.15) is 0 Å². The Morgan fingerprint density at radius 3 is 2.58 bits per heavy atom. The van der Waals surface area contributed by atoms with Gasteiger partial charge in [0.25, 0.3) is 5.91 Å². The van der Waals surface area contributed by atoms with E-state index in [2.05, 4.69) is 15.6 Å². The second-order valence-corrected chi connectivity index (χ2v) is 9.24. The van der Waals surface area contributed by atoms with E-state index in [0.717, 1.165) is 28.9 Å². The molecule has 0 spiro atoms. The van der Waals surface area contributed by atoms with Crippen LogP contribution in [-0.4, -0.2) is 60.9 Å². The van der Waals surface area contributed by atoms with Gasteiger partial charge in [-0.05, 0) is 63.2 Å². The zero-order chi connectivity index (χ0) is 25.8. The van der Waals surface area contributed by atoms with Crippen LogP contribution in [0.25, 0.3) is 11.3 Å². The van der Waals surface area contributed by atoms with Crippen molar-refractivity contribution in [3.05, 3.63) is 71.4 Å². The van der Waals surface area contributed by atoms with Crippen molar-refractivity contribution in [2.45, 2.75) is 32.5 Å². The summed E-state index contributed by atoms with van der Waals surface area (Å²) in [5, 5.41) is 13.9. The summed E-state index contributed by atoms with van der Waals surface area (Å²) >= 11 is 0. The normalized spacial score (nSPS) is 17.9. The van der Waals surface area contributed by atoms with Crippen LogP contribution >= 0.6 is 0 Å². The fraction of sp³-hybridized carbons (Fsp3) is 0.321. The van der Waals surface area contributed by atoms with E-state index >= 15 is 0 Å². The van der Waals surface area contributed by atoms with Crippen LogP contribution in [0.3, 0.4) is 0 Å². The maximum absolute atomic E-state index is 14.4. The second kappa shape index (κ2) is 10.9. The molecule has 0 unspecified atom stereocenters. The van der Waals surface area contributed by atoms with Crippen molar-refractivity contribution in [1.29, 1.82) is 5.41 Å². The maximum Gasteiger partial charge on any atom is 0.251 e. The fourth-order valence-corrected chi connectivity index (χ4v) is 4.43. The molecule has 0 saturated carbocycles. The smallest absolute Gasteiger partial charge is 0.251 e. The molecule has 36 heavy (non-hydrogen) atoms. The highest BCUT2D eigenvalue weighted by Crippen LogP contribution is 2.30. The Hall–Kier alpha value is -3.78. The Kier molecular flexibility index (Phi) is 7.64. The van der Waals surface area contributed by atoms with Gasteiger partial charge in [-0.3, -0.25) is 9.78 Å². The Bertz CT molecular complexity index is 1280. The first-order chi connectivity index (χ1) is 17.2. The van der Waals surface area contributed by atoms with Gasteiger partial charge >= 0.3 is 0 Å². The number of anilines is 1. The summed E-state index contributed by atoms with van der Waals surface area (Å²) in [6.07, 6.45) is 1.20. The van der Waals surface area contributed by atoms with Crippen LogP contribution in [-0.2, 0) is 0 Å². The van der Waals surface area contributed by atoms with E-state index in [9.17, 15) is 9.18 Å². The molecule has 7 nitrogen and oxygen atoms in total. The summed E-state index contributed by atoms with van der Waals surface area (Å²) in [5.74, 6) is 1.01. The molecule has 0 radical (unpaired) electrons. The lowest BCUT2D eigenvalue weighted by Gasteiger charge is -2.32. The number of carbonyl (C=O) groups is 1. The number of rotatable bonds is 7. The third-order valence-corrected chi connectivity index (χ3v) is 6.46. The van der Waals surface area contributed by atoms with E-state index in [1.807, 2.05) is 62.3 Å². The molecule has 1 amide bonds. The van der Waals surface area contributed by atoms with Crippen molar-refractivity contribution in [3.8, 4) is 22.8 Å². The summed E-state index contributed by atoms with van der Waals surface area (Å²) in [6.45, 7) is 4.70. The molecule has 1 saturated heterocycles. The van der Waals surface area contributed by atoms with Crippen LogP contribution in [0.4, 0.5) is 10.1 Å². The molecule has 0 aliphatic carbocycles. The molecule has 3 aromatic rings. The van der Waals surface area contributed by atoms with Crippen LogP contribution in [0.2, 0.25) is 0 Å². The molecule has 2 heterocycles. The number of amides is 1. The number of hydrogen-bond acceptors (Lipinski definition) is 6. The van der Waals surface area contributed by atoms with Gasteiger partial charge < -0.3 is 25.7 Å². The summed E-state index contributed by atoms with van der Waals surface area (Å²) in [5.41, 5.74) is 4.98. The van der Waals surface area contributed by atoms with Crippen LogP contribution in [0.5, 0.6) is 11.5 Å². The zero-order valence-electron chi connectivity index (χ0n) is 21.1. The number of likely N-dealkylation sites (tertiary alicyclic amines) is 1. The van der Waals surface area contributed by atoms with Crippen LogP contribution in [0.1, 0.15) is 34.8 Å². The topological polar surface area (TPSA) is 90.3 Å². The first-order valence-corrected chi connectivity index (χ1v) is 12.0. The zero-order valence-corrected chi connectivity index (χ0v) is 21.1. The predicted octanol–water partition coefficient (Wildman–Crippen LogP) is 5.05. The number of pyridine rings is 1. The molecule has 1 aliphatic heterocycles. The number of halogens is 1. The molecule has 188 valence electrons. The Labute approximate surface area is 211 Å². The highest BCUT2D eigenvalue weighted by atomic mass is 19.1. The number of hydrogen-bond donors (Lipinski definition) is 3. The molecule has 8 heteroatoms. The molecule has 2 atom stereocenters. The van der Waals surface area contributed by atoms with Crippen molar-refractivity contribution >= 4 is 17.3 Å². The molecule has 1 aliphatic rings.